The van der Waals surface area contributed by atoms with Gasteiger partial charge in [0.15, 0.2) is 0 Å². The third-order valence-corrected chi connectivity index (χ3v) is 6.04. The second kappa shape index (κ2) is 7.60. The molecule has 2 aromatic rings. The minimum absolute atomic E-state index is 0.183. The number of carbonyl (C=O) groups is 2. The fourth-order valence-corrected chi connectivity index (χ4v) is 4.57. The van der Waals surface area contributed by atoms with E-state index >= 15 is 0 Å². The molecule has 2 heterocycles. The van der Waals surface area contributed by atoms with Gasteiger partial charge >= 0.3 is 5.97 Å². The molecular formula is C20H21NO4S. The summed E-state index contributed by atoms with van der Waals surface area (Å²) >= 11 is 1.50. The number of hydrogen-bond acceptors (Lipinski definition) is 5. The zero-order valence-electron chi connectivity index (χ0n) is 14.5. The van der Waals surface area contributed by atoms with Crippen molar-refractivity contribution in [3.8, 4) is 0 Å². The lowest BCUT2D eigenvalue weighted by Crippen LogP contribution is -2.44. The van der Waals surface area contributed by atoms with E-state index in [4.69, 9.17) is 9.47 Å². The first-order chi connectivity index (χ1) is 12.7. The summed E-state index contributed by atoms with van der Waals surface area (Å²) in [6.07, 6.45) is 2.29. The molecule has 1 atom stereocenters. The highest BCUT2D eigenvalue weighted by Crippen LogP contribution is 2.32. The predicted octanol–water partition coefficient (Wildman–Crippen LogP) is 2.99. The largest absolute Gasteiger partial charge is 0.443 e. The van der Waals surface area contributed by atoms with Crippen molar-refractivity contribution in [2.45, 2.75) is 25.4 Å². The van der Waals surface area contributed by atoms with Gasteiger partial charge in [-0.3, -0.25) is 4.79 Å². The average Bonchev–Trinajstić information content (AvgIpc) is 3.29. The molecule has 0 spiro atoms. The Balaban J connectivity index is 1.56. The second-order valence-electron chi connectivity index (χ2n) is 6.55. The molecule has 1 aliphatic carbocycles. The highest BCUT2D eigenvalue weighted by Gasteiger charge is 2.31. The van der Waals surface area contributed by atoms with Crippen LogP contribution in [-0.2, 0) is 27.1 Å². The number of aryl methyl sites for hydroxylation is 2. The molecule has 1 aromatic heterocycles. The molecule has 136 valence electrons. The van der Waals surface area contributed by atoms with Crippen molar-refractivity contribution < 1.29 is 19.1 Å². The fraction of sp³-hybridized carbons (Fsp3) is 0.400. The summed E-state index contributed by atoms with van der Waals surface area (Å²) in [5.41, 5.74) is 1.94. The van der Waals surface area contributed by atoms with E-state index in [1.165, 1.54) is 21.8 Å². The molecule has 2 aliphatic rings. The molecule has 1 aromatic carbocycles. The summed E-state index contributed by atoms with van der Waals surface area (Å²) in [6.45, 7) is 2.07. The fourth-order valence-electron chi connectivity index (χ4n) is 3.43. The van der Waals surface area contributed by atoms with Gasteiger partial charge in [0.25, 0.3) is 5.91 Å². The normalized spacial score (nSPS) is 17.6. The van der Waals surface area contributed by atoms with Crippen molar-refractivity contribution in [2.75, 3.05) is 26.3 Å². The smallest absolute Gasteiger partial charge is 0.349 e. The molecule has 0 unspecified atom stereocenters. The van der Waals surface area contributed by atoms with Crippen molar-refractivity contribution in [1.29, 1.82) is 0 Å². The van der Waals surface area contributed by atoms with Crippen molar-refractivity contribution in [3.63, 3.8) is 0 Å². The molecule has 1 aliphatic heterocycles. The number of amides is 1. The average molecular weight is 371 g/mol. The van der Waals surface area contributed by atoms with Gasteiger partial charge in [0.1, 0.15) is 4.88 Å². The number of morpholine rings is 1. The van der Waals surface area contributed by atoms with E-state index in [9.17, 15) is 9.59 Å². The monoisotopic (exact) mass is 371 g/mol. The second-order valence-corrected chi connectivity index (χ2v) is 7.68. The Labute approximate surface area is 156 Å². The Morgan fingerprint density at radius 1 is 1.12 bits per heavy atom. The Bertz CT molecular complexity index is 774. The van der Waals surface area contributed by atoms with E-state index in [0.717, 1.165) is 19.3 Å². The molecule has 0 N–H and O–H groups in total. The first kappa shape index (κ1) is 17.2. The van der Waals surface area contributed by atoms with Gasteiger partial charge in [-0.2, -0.15) is 0 Å². The zero-order chi connectivity index (χ0) is 17.9. The maximum Gasteiger partial charge on any atom is 0.349 e. The number of benzene rings is 1. The highest BCUT2D eigenvalue weighted by molar-refractivity contribution is 7.14. The number of ether oxygens (including phenoxy) is 2. The Morgan fingerprint density at radius 2 is 1.88 bits per heavy atom. The first-order valence-electron chi connectivity index (χ1n) is 8.96. The van der Waals surface area contributed by atoms with E-state index in [0.29, 0.717) is 36.7 Å². The Kier molecular flexibility index (Phi) is 5.04. The van der Waals surface area contributed by atoms with E-state index in [1.807, 2.05) is 36.4 Å². The third-order valence-electron chi connectivity index (χ3n) is 4.82. The predicted molar refractivity (Wildman–Crippen MR) is 98.3 cm³/mol. The molecule has 0 saturated carbocycles. The van der Waals surface area contributed by atoms with Crippen LogP contribution in [-0.4, -0.2) is 43.1 Å². The maximum absolute atomic E-state index is 13.0. The van der Waals surface area contributed by atoms with Crippen LogP contribution >= 0.6 is 11.3 Å². The van der Waals surface area contributed by atoms with E-state index in [1.54, 1.807) is 4.90 Å². The van der Waals surface area contributed by atoms with Crippen molar-refractivity contribution in [1.82, 2.24) is 4.90 Å². The molecule has 0 radical (unpaired) electrons. The van der Waals surface area contributed by atoms with Gasteiger partial charge in [-0.1, -0.05) is 30.3 Å². The van der Waals surface area contributed by atoms with Gasteiger partial charge in [0, 0.05) is 23.5 Å². The molecule has 0 bridgehead atoms. The quantitative estimate of drug-likeness (QED) is 0.776. The minimum atomic E-state index is -0.918. The number of nitrogens with zero attached hydrogens (tertiary/aromatic N) is 1. The molecule has 6 heteroatoms. The van der Waals surface area contributed by atoms with Crippen molar-refractivity contribution in [3.05, 3.63) is 57.3 Å². The van der Waals surface area contributed by atoms with Gasteiger partial charge in [0.2, 0.25) is 6.10 Å². The number of carbonyl (C=O) groups excluding carboxylic acids is 2. The summed E-state index contributed by atoms with van der Waals surface area (Å²) < 4.78 is 11.0. The van der Waals surface area contributed by atoms with Gasteiger partial charge < -0.3 is 14.4 Å². The van der Waals surface area contributed by atoms with Crippen LogP contribution in [0.4, 0.5) is 0 Å². The summed E-state index contributed by atoms with van der Waals surface area (Å²) in [4.78, 5) is 29.3. The standard InChI is InChI=1S/C20H21NO4S/c22-19(21-9-11-24-12-10-21)18(14-5-2-1-3-6-14)25-20(23)17-13-15-7-4-8-16(15)26-17/h1-3,5-6,13,18H,4,7-12H2/t18-/m0/s1. The van der Waals surface area contributed by atoms with Crippen LogP contribution in [0.5, 0.6) is 0 Å². The molecule has 26 heavy (non-hydrogen) atoms. The molecule has 4 rings (SSSR count). The van der Waals surface area contributed by atoms with Crippen LogP contribution in [0.25, 0.3) is 0 Å². The lowest BCUT2D eigenvalue weighted by atomic mass is 10.1. The van der Waals surface area contributed by atoms with E-state index < -0.39 is 12.1 Å². The maximum atomic E-state index is 13.0. The number of thiophene rings is 1. The number of esters is 1. The van der Waals surface area contributed by atoms with E-state index in [-0.39, 0.29) is 5.91 Å². The third kappa shape index (κ3) is 3.52. The van der Waals surface area contributed by atoms with Crippen LogP contribution in [0, 0.1) is 0 Å². The minimum Gasteiger partial charge on any atom is -0.443 e. The van der Waals surface area contributed by atoms with Gasteiger partial charge in [-0.15, -0.1) is 11.3 Å². The molecular weight excluding hydrogens is 350 g/mol. The first-order valence-corrected chi connectivity index (χ1v) is 9.78. The summed E-state index contributed by atoms with van der Waals surface area (Å²) in [5, 5.41) is 0. The van der Waals surface area contributed by atoms with Crippen LogP contribution in [0.15, 0.2) is 36.4 Å². The van der Waals surface area contributed by atoms with Gasteiger partial charge in [-0.05, 0) is 30.9 Å². The van der Waals surface area contributed by atoms with Crippen molar-refractivity contribution in [2.24, 2.45) is 0 Å². The summed E-state index contributed by atoms with van der Waals surface area (Å²) in [6, 6.07) is 11.2. The number of hydrogen-bond donors (Lipinski definition) is 0. The Hall–Kier alpha value is -2.18. The zero-order valence-corrected chi connectivity index (χ0v) is 15.3. The number of rotatable bonds is 4. The lowest BCUT2D eigenvalue weighted by molar-refractivity contribution is -0.145. The summed E-state index contributed by atoms with van der Waals surface area (Å²) in [5.74, 6) is -0.600. The molecule has 5 nitrogen and oxygen atoms in total. The summed E-state index contributed by atoms with van der Waals surface area (Å²) in [7, 11) is 0. The van der Waals surface area contributed by atoms with Crippen LogP contribution < -0.4 is 0 Å². The molecule has 1 amide bonds. The highest BCUT2D eigenvalue weighted by atomic mass is 32.1. The SMILES string of the molecule is O=C(O[C@H](C(=O)N1CCOCC1)c1ccccc1)c1cc2c(s1)CCC2. The van der Waals surface area contributed by atoms with Gasteiger partial charge in [0.05, 0.1) is 13.2 Å². The van der Waals surface area contributed by atoms with E-state index in [2.05, 4.69) is 0 Å². The van der Waals surface area contributed by atoms with Gasteiger partial charge in [-0.25, -0.2) is 4.79 Å². The van der Waals surface area contributed by atoms with Crippen LogP contribution in [0.1, 0.15) is 38.2 Å². The van der Waals surface area contributed by atoms with Crippen LogP contribution in [0.2, 0.25) is 0 Å². The molecule has 1 saturated heterocycles. The number of fused-ring (bicyclic) bond motifs is 1. The topological polar surface area (TPSA) is 55.8 Å². The van der Waals surface area contributed by atoms with Crippen LogP contribution in [0.3, 0.4) is 0 Å². The van der Waals surface area contributed by atoms with Crippen molar-refractivity contribution >= 4 is 23.2 Å². The Morgan fingerprint density at radius 3 is 2.62 bits per heavy atom. The lowest BCUT2D eigenvalue weighted by Gasteiger charge is -2.30. The molecule has 1 fully saturated rings.